The van der Waals surface area contributed by atoms with Crippen molar-refractivity contribution >= 4 is 45.8 Å². The number of alkyl halides is 1. The van der Waals surface area contributed by atoms with Gasteiger partial charge in [0.15, 0.2) is 0 Å². The zero-order valence-electron chi connectivity index (χ0n) is 9.99. The lowest BCUT2D eigenvalue weighted by atomic mass is 10.2. The zero-order valence-corrected chi connectivity index (χ0v) is 13.0. The van der Waals surface area contributed by atoms with Crippen LogP contribution in [0.4, 0.5) is 0 Å². The van der Waals surface area contributed by atoms with Crippen LogP contribution >= 0.6 is 33.9 Å². The Morgan fingerprint density at radius 3 is 3.00 bits per heavy atom. The largest absolute Gasteiger partial charge is 0.468 e. The average molecular weight is 379 g/mol. The first kappa shape index (κ1) is 13.8. The predicted octanol–water partition coefficient (Wildman–Crippen LogP) is 1.94. The van der Waals surface area contributed by atoms with Gasteiger partial charge in [-0.1, -0.05) is 22.6 Å². The fraction of sp³-hybridized carbons (Fsp3) is 0.500. The lowest BCUT2D eigenvalue weighted by molar-refractivity contribution is -0.139. The molecule has 1 aromatic rings. The Morgan fingerprint density at radius 1 is 1.56 bits per heavy atom. The molecular weight excluding hydrogens is 365 g/mol. The molecule has 0 aromatic carbocycles. The molecule has 1 aliphatic carbocycles. The van der Waals surface area contributed by atoms with Gasteiger partial charge < -0.3 is 10.1 Å². The van der Waals surface area contributed by atoms with Crippen LogP contribution in [0.2, 0.25) is 0 Å². The van der Waals surface area contributed by atoms with Crippen molar-refractivity contribution in [2.75, 3.05) is 13.7 Å². The highest BCUT2D eigenvalue weighted by Gasteiger charge is 2.20. The molecule has 1 atom stereocenters. The summed E-state index contributed by atoms with van der Waals surface area (Å²) in [6.07, 6.45) is 3.36. The number of amides is 1. The number of rotatable bonds is 4. The predicted molar refractivity (Wildman–Crippen MR) is 78.5 cm³/mol. The van der Waals surface area contributed by atoms with E-state index in [1.807, 2.05) is 28.7 Å². The molecule has 1 N–H and O–H groups in total. The Kier molecular flexibility index (Phi) is 4.60. The number of aryl methyl sites for hydroxylation is 2. The van der Waals surface area contributed by atoms with Gasteiger partial charge in [-0.2, -0.15) is 0 Å². The van der Waals surface area contributed by atoms with Crippen molar-refractivity contribution in [3.05, 3.63) is 21.4 Å². The Hall–Kier alpha value is -0.630. The summed E-state index contributed by atoms with van der Waals surface area (Å²) in [7, 11) is 1.35. The first-order chi connectivity index (χ1) is 8.61. The second-order valence-electron chi connectivity index (χ2n) is 4.11. The maximum absolute atomic E-state index is 11.9. The van der Waals surface area contributed by atoms with Gasteiger partial charge in [0.25, 0.3) is 5.91 Å². The van der Waals surface area contributed by atoms with Crippen LogP contribution in [0, 0.1) is 0 Å². The minimum absolute atomic E-state index is 0.0973. The SMILES string of the molecule is COC(=O)C(I)CNC(=O)c1cc2c(s1)CCC2. The van der Waals surface area contributed by atoms with E-state index in [2.05, 4.69) is 10.1 Å². The van der Waals surface area contributed by atoms with Gasteiger partial charge in [-0.15, -0.1) is 11.3 Å². The Morgan fingerprint density at radius 2 is 2.33 bits per heavy atom. The molecule has 98 valence electrons. The molecule has 0 fully saturated rings. The smallest absolute Gasteiger partial charge is 0.320 e. The molecular formula is C12H14INO3S. The van der Waals surface area contributed by atoms with Crippen molar-refractivity contribution in [2.24, 2.45) is 0 Å². The molecule has 4 nitrogen and oxygen atoms in total. The van der Waals surface area contributed by atoms with Crippen molar-refractivity contribution < 1.29 is 14.3 Å². The summed E-state index contributed by atoms with van der Waals surface area (Å²) in [5.74, 6) is -0.412. The van der Waals surface area contributed by atoms with Crippen LogP contribution in [0.1, 0.15) is 26.5 Å². The second kappa shape index (κ2) is 6.01. The molecule has 1 unspecified atom stereocenters. The molecule has 6 heteroatoms. The quantitative estimate of drug-likeness (QED) is 0.494. The highest BCUT2D eigenvalue weighted by molar-refractivity contribution is 14.1. The third-order valence-electron chi connectivity index (χ3n) is 2.87. The van der Waals surface area contributed by atoms with E-state index in [1.54, 1.807) is 11.3 Å². The zero-order chi connectivity index (χ0) is 13.1. The number of thiophene rings is 1. The summed E-state index contributed by atoms with van der Waals surface area (Å²) in [5.41, 5.74) is 1.31. The summed E-state index contributed by atoms with van der Waals surface area (Å²) in [4.78, 5) is 25.2. The molecule has 1 aromatic heterocycles. The number of fused-ring (bicyclic) bond motifs is 1. The summed E-state index contributed by atoms with van der Waals surface area (Å²) in [5, 5.41) is 2.77. The maximum atomic E-state index is 11.9. The van der Waals surface area contributed by atoms with Crippen molar-refractivity contribution in [1.82, 2.24) is 5.32 Å². The first-order valence-corrected chi connectivity index (χ1v) is 7.79. The van der Waals surface area contributed by atoms with Crippen LogP contribution in [0.3, 0.4) is 0 Å². The van der Waals surface area contributed by atoms with E-state index >= 15 is 0 Å². The molecule has 0 saturated heterocycles. The van der Waals surface area contributed by atoms with Crippen molar-refractivity contribution in [3.63, 3.8) is 0 Å². The van der Waals surface area contributed by atoms with Crippen molar-refractivity contribution in [2.45, 2.75) is 23.2 Å². The number of halogens is 1. The fourth-order valence-electron chi connectivity index (χ4n) is 1.92. The van der Waals surface area contributed by atoms with Gasteiger partial charge in [0.05, 0.1) is 12.0 Å². The number of nitrogens with one attached hydrogen (secondary N) is 1. The lowest BCUT2D eigenvalue weighted by Crippen LogP contribution is -2.33. The second-order valence-corrected chi connectivity index (χ2v) is 6.75. The van der Waals surface area contributed by atoms with E-state index < -0.39 is 0 Å². The van der Waals surface area contributed by atoms with Gasteiger partial charge in [0.1, 0.15) is 3.92 Å². The van der Waals surface area contributed by atoms with Crippen LogP contribution in [0.15, 0.2) is 6.07 Å². The van der Waals surface area contributed by atoms with Crippen LogP contribution in [-0.4, -0.2) is 29.5 Å². The van der Waals surface area contributed by atoms with Crippen molar-refractivity contribution in [1.29, 1.82) is 0 Å². The minimum Gasteiger partial charge on any atom is -0.468 e. The van der Waals surface area contributed by atoms with E-state index in [0.29, 0.717) is 6.54 Å². The number of methoxy groups -OCH3 is 1. The number of hydrogen-bond donors (Lipinski definition) is 1. The lowest BCUT2D eigenvalue weighted by Gasteiger charge is -2.08. The van der Waals surface area contributed by atoms with Gasteiger partial charge in [-0.25, -0.2) is 0 Å². The third kappa shape index (κ3) is 3.03. The van der Waals surface area contributed by atoms with Gasteiger partial charge in [0, 0.05) is 11.4 Å². The Labute approximate surface area is 123 Å². The standard InChI is InChI=1S/C12H14INO3S/c1-17-12(16)8(13)6-14-11(15)10-5-7-3-2-4-9(7)18-10/h5,8H,2-4,6H2,1H3,(H,14,15). The Balaban J connectivity index is 1.90. The van der Waals surface area contributed by atoms with E-state index in [4.69, 9.17) is 0 Å². The molecule has 0 aliphatic heterocycles. The van der Waals surface area contributed by atoms with Gasteiger partial charge in [-0.05, 0) is 30.9 Å². The summed E-state index contributed by atoms with van der Waals surface area (Å²) < 4.78 is 4.26. The molecule has 0 radical (unpaired) electrons. The highest BCUT2D eigenvalue weighted by Crippen LogP contribution is 2.30. The molecule has 0 saturated carbocycles. The van der Waals surface area contributed by atoms with Crippen molar-refractivity contribution in [3.8, 4) is 0 Å². The van der Waals surface area contributed by atoms with Crippen LogP contribution in [-0.2, 0) is 22.4 Å². The number of ether oxygens (including phenoxy) is 1. The van der Waals surface area contributed by atoms with Gasteiger partial charge >= 0.3 is 5.97 Å². The molecule has 1 heterocycles. The molecule has 0 spiro atoms. The van der Waals surface area contributed by atoms with Crippen LogP contribution in [0.25, 0.3) is 0 Å². The summed E-state index contributed by atoms with van der Waals surface area (Å²) in [6, 6.07) is 1.97. The molecule has 0 bridgehead atoms. The maximum Gasteiger partial charge on any atom is 0.320 e. The molecule has 1 aliphatic rings. The van der Waals surface area contributed by atoms with E-state index in [1.165, 1.54) is 24.0 Å². The van der Waals surface area contributed by atoms with E-state index in [0.717, 1.165) is 17.7 Å². The third-order valence-corrected chi connectivity index (χ3v) is 5.05. The normalized spacial score (nSPS) is 15.0. The monoisotopic (exact) mass is 379 g/mol. The number of carbonyl (C=O) groups excluding carboxylic acids is 2. The van der Waals surface area contributed by atoms with Gasteiger partial charge in [0.2, 0.25) is 0 Å². The summed E-state index contributed by atoms with van der Waals surface area (Å²) in [6.45, 7) is 0.300. The average Bonchev–Trinajstić information content (AvgIpc) is 2.94. The van der Waals surface area contributed by atoms with E-state index in [-0.39, 0.29) is 15.8 Å². The number of esters is 1. The van der Waals surface area contributed by atoms with Crippen LogP contribution in [0.5, 0.6) is 0 Å². The van der Waals surface area contributed by atoms with E-state index in [9.17, 15) is 9.59 Å². The fourth-order valence-corrected chi connectivity index (χ4v) is 3.57. The number of carbonyl (C=O) groups is 2. The number of hydrogen-bond acceptors (Lipinski definition) is 4. The highest BCUT2D eigenvalue weighted by atomic mass is 127. The van der Waals surface area contributed by atoms with Gasteiger partial charge in [-0.3, -0.25) is 9.59 Å². The molecule has 18 heavy (non-hydrogen) atoms. The molecule has 1 amide bonds. The summed E-state index contributed by atoms with van der Waals surface area (Å²) >= 11 is 3.53. The topological polar surface area (TPSA) is 55.4 Å². The molecule has 2 rings (SSSR count). The Bertz CT molecular complexity index is 450. The van der Waals surface area contributed by atoms with Crippen LogP contribution < -0.4 is 5.32 Å². The minimum atomic E-state index is -0.344. The first-order valence-electron chi connectivity index (χ1n) is 5.73.